The third kappa shape index (κ3) is 3.40. The predicted molar refractivity (Wildman–Crippen MR) is 68.6 cm³/mol. The monoisotopic (exact) mass is 248 g/mol. The molecule has 2 rings (SSSR count). The van der Waals surface area contributed by atoms with E-state index in [1.165, 1.54) is 0 Å². The van der Waals surface area contributed by atoms with E-state index in [0.29, 0.717) is 17.4 Å². The lowest BCUT2D eigenvalue weighted by molar-refractivity contribution is 0.304. The maximum atomic E-state index is 9.43. The number of ether oxygens (including phenoxy) is 1. The molecule has 0 spiro atoms. The van der Waals surface area contributed by atoms with Crippen molar-refractivity contribution in [2.24, 2.45) is 0 Å². The molecule has 0 atom stereocenters. The fourth-order valence-electron chi connectivity index (χ4n) is 1.61. The second-order valence-electron chi connectivity index (χ2n) is 3.92. The maximum absolute atomic E-state index is 9.43. The molecule has 2 aromatic carbocycles. The molecule has 0 radical (unpaired) electrons. The van der Waals surface area contributed by atoms with Gasteiger partial charge < -0.3 is 9.84 Å². The second kappa shape index (κ2) is 5.11. The van der Waals surface area contributed by atoms with Crippen molar-refractivity contribution in [3.63, 3.8) is 0 Å². The standard InChI is InChI=1S/C14H13ClO2/c1-10-5-13(16)8-14(6-10)17-9-11-3-2-4-12(15)7-11/h2-8,16H,9H2,1H3. The first-order valence-electron chi connectivity index (χ1n) is 5.31. The summed E-state index contributed by atoms with van der Waals surface area (Å²) in [5, 5.41) is 10.1. The molecule has 17 heavy (non-hydrogen) atoms. The van der Waals surface area contributed by atoms with Crippen molar-refractivity contribution in [3.05, 3.63) is 58.6 Å². The molecule has 2 nitrogen and oxygen atoms in total. The summed E-state index contributed by atoms with van der Waals surface area (Å²) < 4.78 is 5.59. The minimum absolute atomic E-state index is 0.214. The lowest BCUT2D eigenvalue weighted by atomic mass is 10.2. The van der Waals surface area contributed by atoms with Crippen LogP contribution in [-0.4, -0.2) is 5.11 Å². The van der Waals surface area contributed by atoms with Crippen molar-refractivity contribution >= 4 is 11.6 Å². The highest BCUT2D eigenvalue weighted by molar-refractivity contribution is 6.30. The molecule has 0 aromatic heterocycles. The Morgan fingerprint density at radius 1 is 1.18 bits per heavy atom. The minimum Gasteiger partial charge on any atom is -0.508 e. The van der Waals surface area contributed by atoms with Crippen molar-refractivity contribution in [1.29, 1.82) is 0 Å². The van der Waals surface area contributed by atoms with E-state index in [1.807, 2.05) is 37.3 Å². The number of rotatable bonds is 3. The van der Waals surface area contributed by atoms with Crippen LogP contribution >= 0.6 is 11.6 Å². The Bertz CT molecular complexity index is 503. The molecule has 0 unspecified atom stereocenters. The van der Waals surface area contributed by atoms with E-state index in [0.717, 1.165) is 11.1 Å². The van der Waals surface area contributed by atoms with Crippen molar-refractivity contribution < 1.29 is 9.84 Å². The van der Waals surface area contributed by atoms with E-state index in [1.54, 1.807) is 12.1 Å². The predicted octanol–water partition coefficient (Wildman–Crippen LogP) is 3.93. The van der Waals surface area contributed by atoms with Gasteiger partial charge in [0.05, 0.1) is 0 Å². The van der Waals surface area contributed by atoms with Gasteiger partial charge in [-0.1, -0.05) is 23.7 Å². The van der Waals surface area contributed by atoms with Crippen LogP contribution in [0.3, 0.4) is 0 Å². The summed E-state index contributed by atoms with van der Waals surface area (Å²) >= 11 is 5.88. The lowest BCUT2D eigenvalue weighted by Gasteiger charge is -2.08. The zero-order valence-electron chi connectivity index (χ0n) is 9.48. The number of hydrogen-bond donors (Lipinski definition) is 1. The van der Waals surface area contributed by atoms with Crippen LogP contribution in [0.1, 0.15) is 11.1 Å². The van der Waals surface area contributed by atoms with Crippen LogP contribution in [0.25, 0.3) is 0 Å². The average molecular weight is 249 g/mol. The van der Waals surface area contributed by atoms with Crippen LogP contribution in [-0.2, 0) is 6.61 Å². The topological polar surface area (TPSA) is 29.5 Å². The largest absolute Gasteiger partial charge is 0.508 e. The molecule has 0 aliphatic heterocycles. The molecule has 88 valence electrons. The van der Waals surface area contributed by atoms with Crippen LogP contribution in [0.5, 0.6) is 11.5 Å². The summed E-state index contributed by atoms with van der Waals surface area (Å²) in [5.74, 6) is 0.869. The van der Waals surface area contributed by atoms with E-state index in [-0.39, 0.29) is 5.75 Å². The van der Waals surface area contributed by atoms with Gasteiger partial charge in [0.2, 0.25) is 0 Å². The fourth-order valence-corrected chi connectivity index (χ4v) is 1.82. The normalized spacial score (nSPS) is 10.2. The molecule has 0 saturated carbocycles. The number of hydrogen-bond acceptors (Lipinski definition) is 2. The van der Waals surface area contributed by atoms with Gasteiger partial charge in [0.25, 0.3) is 0 Å². The van der Waals surface area contributed by atoms with Gasteiger partial charge in [-0.15, -0.1) is 0 Å². The highest BCUT2D eigenvalue weighted by Gasteiger charge is 2.00. The number of aromatic hydroxyl groups is 1. The van der Waals surface area contributed by atoms with Crippen molar-refractivity contribution in [3.8, 4) is 11.5 Å². The molecule has 0 amide bonds. The van der Waals surface area contributed by atoms with Crippen LogP contribution in [0.15, 0.2) is 42.5 Å². The Kier molecular flexibility index (Phi) is 3.55. The number of phenols is 1. The minimum atomic E-state index is 0.214. The van der Waals surface area contributed by atoms with Crippen molar-refractivity contribution in [1.82, 2.24) is 0 Å². The molecule has 1 N–H and O–H groups in total. The molecular weight excluding hydrogens is 236 g/mol. The summed E-state index contributed by atoms with van der Waals surface area (Å²) in [6.45, 7) is 2.34. The molecule has 0 saturated heterocycles. The third-order valence-corrected chi connectivity index (χ3v) is 2.57. The highest BCUT2D eigenvalue weighted by Crippen LogP contribution is 2.22. The molecule has 2 aromatic rings. The van der Waals surface area contributed by atoms with Gasteiger partial charge in [0.15, 0.2) is 0 Å². The van der Waals surface area contributed by atoms with E-state index in [9.17, 15) is 5.11 Å². The Morgan fingerprint density at radius 3 is 2.71 bits per heavy atom. The molecule has 0 bridgehead atoms. The van der Waals surface area contributed by atoms with Gasteiger partial charge >= 0.3 is 0 Å². The number of benzene rings is 2. The van der Waals surface area contributed by atoms with E-state index >= 15 is 0 Å². The SMILES string of the molecule is Cc1cc(O)cc(OCc2cccc(Cl)c2)c1. The van der Waals surface area contributed by atoms with Crippen molar-refractivity contribution in [2.75, 3.05) is 0 Å². The number of halogens is 1. The first-order chi connectivity index (χ1) is 8.13. The molecule has 0 heterocycles. The molecule has 0 fully saturated rings. The second-order valence-corrected chi connectivity index (χ2v) is 4.36. The number of aryl methyl sites for hydroxylation is 1. The third-order valence-electron chi connectivity index (χ3n) is 2.33. The Hall–Kier alpha value is -1.67. The average Bonchev–Trinajstić information content (AvgIpc) is 2.25. The highest BCUT2D eigenvalue weighted by atomic mass is 35.5. The Labute approximate surface area is 105 Å². The van der Waals surface area contributed by atoms with Gasteiger partial charge in [0, 0.05) is 11.1 Å². The first kappa shape index (κ1) is 11.8. The summed E-state index contributed by atoms with van der Waals surface area (Å²) in [5.41, 5.74) is 1.96. The van der Waals surface area contributed by atoms with E-state index in [2.05, 4.69) is 0 Å². The fraction of sp³-hybridized carbons (Fsp3) is 0.143. The lowest BCUT2D eigenvalue weighted by Crippen LogP contribution is -1.95. The van der Waals surface area contributed by atoms with Gasteiger partial charge in [0.1, 0.15) is 18.1 Å². The molecular formula is C14H13ClO2. The van der Waals surface area contributed by atoms with Gasteiger partial charge in [-0.25, -0.2) is 0 Å². The Morgan fingerprint density at radius 2 is 2.00 bits per heavy atom. The van der Waals surface area contributed by atoms with Crippen molar-refractivity contribution in [2.45, 2.75) is 13.5 Å². The van der Waals surface area contributed by atoms with Gasteiger partial charge in [-0.2, -0.15) is 0 Å². The van der Waals surface area contributed by atoms with Crippen LogP contribution in [0.4, 0.5) is 0 Å². The van der Waals surface area contributed by atoms with Crippen LogP contribution < -0.4 is 4.74 Å². The maximum Gasteiger partial charge on any atom is 0.123 e. The molecule has 0 aliphatic rings. The Balaban J connectivity index is 2.07. The number of phenolic OH excluding ortho intramolecular Hbond substituents is 1. The van der Waals surface area contributed by atoms with E-state index in [4.69, 9.17) is 16.3 Å². The summed E-state index contributed by atoms with van der Waals surface area (Å²) in [7, 11) is 0. The van der Waals surface area contributed by atoms with Crippen LogP contribution in [0.2, 0.25) is 5.02 Å². The van der Waals surface area contributed by atoms with E-state index < -0.39 is 0 Å². The van der Waals surface area contributed by atoms with Gasteiger partial charge in [-0.3, -0.25) is 0 Å². The summed E-state index contributed by atoms with van der Waals surface area (Å²) in [6, 6.07) is 12.7. The smallest absolute Gasteiger partial charge is 0.123 e. The van der Waals surface area contributed by atoms with Gasteiger partial charge in [-0.05, 0) is 42.3 Å². The quantitative estimate of drug-likeness (QED) is 0.892. The molecule has 0 aliphatic carbocycles. The molecule has 3 heteroatoms. The first-order valence-corrected chi connectivity index (χ1v) is 5.69. The van der Waals surface area contributed by atoms with Crippen LogP contribution in [0, 0.1) is 6.92 Å². The summed E-state index contributed by atoms with van der Waals surface area (Å²) in [6.07, 6.45) is 0. The zero-order chi connectivity index (χ0) is 12.3. The zero-order valence-corrected chi connectivity index (χ0v) is 10.2. The summed E-state index contributed by atoms with van der Waals surface area (Å²) in [4.78, 5) is 0.